The minimum Gasteiger partial charge on any atom is -0.451 e. The Bertz CT molecular complexity index is 779. The van der Waals surface area contributed by atoms with E-state index in [0.29, 0.717) is 17.8 Å². The number of carbonyl (C=O) groups is 2. The van der Waals surface area contributed by atoms with E-state index in [0.717, 1.165) is 19.3 Å². The minimum atomic E-state index is -0.870. The Labute approximate surface area is 172 Å². The minimum absolute atomic E-state index is 0.0298. The van der Waals surface area contributed by atoms with Crippen molar-refractivity contribution in [1.29, 1.82) is 0 Å². The largest absolute Gasteiger partial charge is 0.451 e. The van der Waals surface area contributed by atoms with Gasteiger partial charge >= 0.3 is 5.97 Å². The van der Waals surface area contributed by atoms with Gasteiger partial charge in [0.15, 0.2) is 17.5 Å². The number of nitrogens with zero attached hydrogens (tertiary/aromatic N) is 1. The van der Waals surface area contributed by atoms with E-state index in [9.17, 15) is 9.59 Å². The van der Waals surface area contributed by atoms with Crippen molar-refractivity contribution in [2.75, 3.05) is 12.3 Å². The summed E-state index contributed by atoms with van der Waals surface area (Å²) in [7, 11) is 0. The van der Waals surface area contributed by atoms with Crippen LogP contribution in [-0.2, 0) is 9.53 Å². The summed E-state index contributed by atoms with van der Waals surface area (Å²) in [5.74, 6) is 0.948. The van der Waals surface area contributed by atoms with Crippen molar-refractivity contribution in [3.63, 3.8) is 0 Å². The van der Waals surface area contributed by atoms with Gasteiger partial charge in [-0.3, -0.25) is 4.79 Å². The fourth-order valence-electron chi connectivity index (χ4n) is 5.46. The molecule has 4 aliphatic rings. The molecule has 1 aromatic heterocycles. The fourth-order valence-corrected chi connectivity index (χ4v) is 6.05. The number of nitrogens with one attached hydrogen (secondary N) is 1. The number of ether oxygens (including phenoxy) is 1. The summed E-state index contributed by atoms with van der Waals surface area (Å²) < 4.78 is 5.08. The average molecular weight is 433 g/mol. The van der Waals surface area contributed by atoms with Gasteiger partial charge in [-0.15, -0.1) is 0 Å². The summed E-state index contributed by atoms with van der Waals surface area (Å²) in [6, 6.07) is 0. The lowest BCUT2D eigenvalue weighted by Gasteiger charge is -2.56. The Morgan fingerprint density at radius 1 is 1.07 bits per heavy atom. The first-order valence-corrected chi connectivity index (χ1v) is 10.2. The first-order chi connectivity index (χ1) is 12.8. The number of carbonyl (C=O) groups excluding carboxylic acids is 2. The third-order valence-corrected chi connectivity index (χ3v) is 7.18. The molecule has 0 aromatic carbocycles. The van der Waals surface area contributed by atoms with E-state index in [1.165, 1.54) is 19.3 Å². The van der Waals surface area contributed by atoms with Crippen LogP contribution in [0.4, 0.5) is 5.69 Å². The molecule has 27 heavy (non-hydrogen) atoms. The average Bonchev–Trinajstić information content (AvgIpc) is 2.59. The zero-order valence-electron chi connectivity index (χ0n) is 14.6. The van der Waals surface area contributed by atoms with Gasteiger partial charge in [-0.1, -0.05) is 34.8 Å². The lowest BCUT2D eigenvalue weighted by Crippen LogP contribution is -2.60. The molecule has 0 unspecified atom stereocenters. The molecule has 6 nitrogen and oxygen atoms in total. The summed E-state index contributed by atoms with van der Waals surface area (Å²) in [5.41, 5.74) is 5.25. The summed E-state index contributed by atoms with van der Waals surface area (Å²) in [4.78, 5) is 28.5. The zero-order valence-corrected chi connectivity index (χ0v) is 16.8. The predicted octanol–water partition coefficient (Wildman–Crippen LogP) is 3.87. The normalized spacial score (nSPS) is 31.0. The summed E-state index contributed by atoms with van der Waals surface area (Å²) in [6.45, 7) is -0.404. The number of hydrogen-bond donors (Lipinski definition) is 2. The van der Waals surface area contributed by atoms with E-state index < -0.39 is 12.6 Å². The Kier molecular flexibility index (Phi) is 4.93. The van der Waals surface area contributed by atoms with E-state index in [-0.39, 0.29) is 38.0 Å². The molecule has 5 rings (SSSR count). The first-order valence-electron chi connectivity index (χ1n) is 9.04. The molecular weight excluding hydrogens is 413 g/mol. The second-order valence-electron chi connectivity index (χ2n) is 8.12. The van der Waals surface area contributed by atoms with Crippen LogP contribution in [0.3, 0.4) is 0 Å². The molecule has 0 spiro atoms. The lowest BCUT2D eigenvalue weighted by molar-refractivity contribution is -0.130. The van der Waals surface area contributed by atoms with E-state index in [1.807, 2.05) is 0 Å². The summed E-state index contributed by atoms with van der Waals surface area (Å²) in [5, 5.41) is 2.81. The van der Waals surface area contributed by atoms with Gasteiger partial charge in [0, 0.05) is 5.54 Å². The van der Waals surface area contributed by atoms with E-state index in [4.69, 9.17) is 45.3 Å². The third-order valence-electron chi connectivity index (χ3n) is 6.04. The highest BCUT2D eigenvalue weighted by atomic mass is 35.5. The standard InChI is InChI=1S/C18H20Cl3N3O3/c19-12-14(22)13(20)16(21)23-15(12)17(26)27-7-11(25)24-18-4-8-1-9(5-18)3-10(2-8)6-18/h8-10H,1-7H2,(H2,22,23)(H,24,25). The molecule has 0 aliphatic heterocycles. The van der Waals surface area contributed by atoms with Crippen LogP contribution in [0, 0.1) is 17.8 Å². The monoisotopic (exact) mass is 431 g/mol. The van der Waals surface area contributed by atoms with Gasteiger partial charge in [0.2, 0.25) is 0 Å². The molecule has 1 amide bonds. The van der Waals surface area contributed by atoms with E-state index >= 15 is 0 Å². The molecule has 0 atom stereocenters. The van der Waals surface area contributed by atoms with Crippen molar-refractivity contribution < 1.29 is 14.3 Å². The van der Waals surface area contributed by atoms with Crippen molar-refractivity contribution in [2.45, 2.75) is 44.1 Å². The van der Waals surface area contributed by atoms with E-state index in [1.54, 1.807) is 0 Å². The number of nitrogen functional groups attached to an aromatic ring is 1. The van der Waals surface area contributed by atoms with Crippen LogP contribution in [0.1, 0.15) is 49.0 Å². The van der Waals surface area contributed by atoms with Crippen molar-refractivity contribution in [3.8, 4) is 0 Å². The Balaban J connectivity index is 1.38. The molecule has 3 N–H and O–H groups in total. The van der Waals surface area contributed by atoms with Crippen LogP contribution in [0.15, 0.2) is 0 Å². The van der Waals surface area contributed by atoms with Gasteiger partial charge in [0.05, 0.1) is 10.7 Å². The van der Waals surface area contributed by atoms with Gasteiger partial charge < -0.3 is 15.8 Å². The van der Waals surface area contributed by atoms with Crippen LogP contribution < -0.4 is 11.1 Å². The topological polar surface area (TPSA) is 94.3 Å². The van der Waals surface area contributed by atoms with Gasteiger partial charge in [-0.05, 0) is 56.3 Å². The highest BCUT2D eigenvalue weighted by molar-refractivity contribution is 6.46. The maximum absolute atomic E-state index is 12.4. The molecular formula is C18H20Cl3N3O3. The van der Waals surface area contributed by atoms with Crippen molar-refractivity contribution in [1.82, 2.24) is 10.3 Å². The van der Waals surface area contributed by atoms with E-state index in [2.05, 4.69) is 10.3 Å². The number of rotatable bonds is 4. The molecule has 4 bridgehead atoms. The summed E-state index contributed by atoms with van der Waals surface area (Å²) in [6.07, 6.45) is 6.92. The maximum atomic E-state index is 12.4. The molecule has 4 saturated carbocycles. The van der Waals surface area contributed by atoms with Crippen LogP contribution in [0.2, 0.25) is 15.2 Å². The number of halogens is 3. The molecule has 0 saturated heterocycles. The summed E-state index contributed by atoms with van der Waals surface area (Å²) >= 11 is 17.7. The number of esters is 1. The quantitative estimate of drug-likeness (QED) is 0.556. The van der Waals surface area contributed by atoms with Crippen molar-refractivity contribution in [3.05, 3.63) is 20.9 Å². The van der Waals surface area contributed by atoms with Gasteiger partial charge in [0.25, 0.3) is 5.91 Å². The number of aromatic nitrogens is 1. The highest BCUT2D eigenvalue weighted by Gasteiger charge is 2.51. The van der Waals surface area contributed by atoms with Gasteiger partial charge in [-0.2, -0.15) is 0 Å². The number of anilines is 1. The number of pyridine rings is 1. The van der Waals surface area contributed by atoms with Gasteiger partial charge in [-0.25, -0.2) is 9.78 Å². The molecule has 4 fully saturated rings. The van der Waals surface area contributed by atoms with Crippen molar-refractivity contribution >= 4 is 52.4 Å². The highest BCUT2D eigenvalue weighted by Crippen LogP contribution is 2.55. The molecule has 1 heterocycles. The van der Waals surface area contributed by atoms with Crippen LogP contribution >= 0.6 is 34.8 Å². The Morgan fingerprint density at radius 2 is 1.63 bits per heavy atom. The zero-order chi connectivity index (χ0) is 19.3. The van der Waals surface area contributed by atoms with Crippen LogP contribution in [0.5, 0.6) is 0 Å². The van der Waals surface area contributed by atoms with Crippen LogP contribution in [-0.4, -0.2) is 29.0 Å². The fraction of sp³-hybridized carbons (Fsp3) is 0.611. The molecule has 146 valence electrons. The van der Waals surface area contributed by atoms with Gasteiger partial charge in [0.1, 0.15) is 5.02 Å². The number of hydrogen-bond acceptors (Lipinski definition) is 5. The molecule has 1 aromatic rings. The molecule has 0 radical (unpaired) electrons. The predicted molar refractivity (Wildman–Crippen MR) is 103 cm³/mol. The number of nitrogens with two attached hydrogens (primary N) is 1. The SMILES string of the molecule is Nc1c(Cl)c(Cl)nc(C(=O)OCC(=O)NC23CC4CC(CC(C4)C2)C3)c1Cl. The Hall–Kier alpha value is -1.24. The Morgan fingerprint density at radius 3 is 2.19 bits per heavy atom. The van der Waals surface area contributed by atoms with Crippen molar-refractivity contribution in [2.24, 2.45) is 17.8 Å². The first kappa shape index (κ1) is 19.1. The smallest absolute Gasteiger partial charge is 0.359 e. The second-order valence-corrected chi connectivity index (χ2v) is 9.23. The third kappa shape index (κ3) is 3.59. The molecule has 4 aliphatic carbocycles. The van der Waals surface area contributed by atoms with Crippen LogP contribution in [0.25, 0.3) is 0 Å². The lowest BCUT2D eigenvalue weighted by atomic mass is 9.53. The maximum Gasteiger partial charge on any atom is 0.359 e. The second kappa shape index (κ2) is 6.98. The molecule has 9 heteroatoms. The number of amides is 1.